The topological polar surface area (TPSA) is 0 Å². The van der Waals surface area contributed by atoms with Gasteiger partial charge in [0.1, 0.15) is 0 Å². The molecule has 0 aromatic carbocycles. The molecule has 0 N–H and O–H groups in total. The second kappa shape index (κ2) is 6.51. The molecule has 0 radical (unpaired) electrons. The van der Waals surface area contributed by atoms with E-state index in [0.717, 1.165) is 40.9 Å². The van der Waals surface area contributed by atoms with Gasteiger partial charge in [-0.25, -0.2) is 0 Å². The summed E-state index contributed by atoms with van der Waals surface area (Å²) in [4.78, 5) is 0. The maximum atomic E-state index is 4.34. The standard InChI is InChI=1S/2C15H24/c2*1-10-7-8-15-9-12(10)14(3,4)13(15)6-5-11(15)2/h7,11-13H,5-6,8-9H2,1-4H3;11-13H,1,5-9H2,2-4H3/t2*11-,12+,13+,15+/m11/s1. The Morgan fingerprint density at radius 2 is 1.33 bits per heavy atom. The summed E-state index contributed by atoms with van der Waals surface area (Å²) in [5, 5.41) is 0. The van der Waals surface area contributed by atoms with Crippen molar-refractivity contribution >= 4 is 0 Å². The fraction of sp³-hybridized carbons (Fsp3) is 0.867. The highest BCUT2D eigenvalue weighted by Gasteiger charge is 2.64. The van der Waals surface area contributed by atoms with Gasteiger partial charge in [0, 0.05) is 0 Å². The van der Waals surface area contributed by atoms with E-state index in [2.05, 4.69) is 61.1 Å². The number of rotatable bonds is 0. The molecule has 0 unspecified atom stereocenters. The highest BCUT2D eigenvalue weighted by atomic mass is 14.7. The minimum atomic E-state index is 0.540. The fourth-order valence-corrected chi connectivity index (χ4v) is 10.8. The molecule has 5 saturated carbocycles. The first kappa shape index (κ1) is 21.3. The summed E-state index contributed by atoms with van der Waals surface area (Å²) in [6.07, 6.45) is 15.6. The molecule has 4 bridgehead atoms. The quantitative estimate of drug-likeness (QED) is 0.351. The summed E-state index contributed by atoms with van der Waals surface area (Å²) in [6.45, 7) is 21.8. The normalized spacial score (nSPS) is 51.7. The Bertz CT molecular complexity index is 763. The average molecular weight is 409 g/mol. The van der Waals surface area contributed by atoms with Gasteiger partial charge in [-0.15, -0.1) is 0 Å². The molecular weight excluding hydrogens is 360 g/mol. The van der Waals surface area contributed by atoms with Crippen LogP contribution in [0.3, 0.4) is 0 Å². The first-order valence-electron chi connectivity index (χ1n) is 13.3. The molecule has 2 spiro atoms. The van der Waals surface area contributed by atoms with E-state index in [4.69, 9.17) is 0 Å². The van der Waals surface area contributed by atoms with Crippen molar-refractivity contribution in [3.8, 4) is 0 Å². The molecule has 0 aromatic rings. The monoisotopic (exact) mass is 408 g/mol. The lowest BCUT2D eigenvalue weighted by atomic mass is 9.67. The van der Waals surface area contributed by atoms with Crippen molar-refractivity contribution in [1.29, 1.82) is 0 Å². The van der Waals surface area contributed by atoms with Crippen LogP contribution >= 0.6 is 0 Å². The van der Waals surface area contributed by atoms with Gasteiger partial charge in [0.05, 0.1) is 0 Å². The van der Waals surface area contributed by atoms with Gasteiger partial charge in [-0.2, -0.15) is 0 Å². The van der Waals surface area contributed by atoms with Gasteiger partial charge in [0.25, 0.3) is 0 Å². The summed E-state index contributed by atoms with van der Waals surface area (Å²) in [6, 6.07) is 0. The Kier molecular flexibility index (Phi) is 4.63. The first-order valence-corrected chi connectivity index (χ1v) is 13.3. The number of allylic oxidation sites excluding steroid dienone is 3. The molecule has 8 atom stereocenters. The van der Waals surface area contributed by atoms with Crippen LogP contribution in [-0.2, 0) is 0 Å². The van der Waals surface area contributed by atoms with Gasteiger partial charge in [-0.1, -0.05) is 65.3 Å². The van der Waals surface area contributed by atoms with E-state index in [1.54, 1.807) is 11.1 Å². The highest BCUT2D eigenvalue weighted by molar-refractivity contribution is 5.25. The maximum Gasteiger partial charge on any atom is -0.0146 e. The van der Waals surface area contributed by atoms with Crippen LogP contribution in [-0.4, -0.2) is 0 Å². The van der Waals surface area contributed by atoms with Crippen LogP contribution in [0.1, 0.15) is 106 Å². The summed E-state index contributed by atoms with van der Waals surface area (Å²) >= 11 is 0. The van der Waals surface area contributed by atoms with Crippen LogP contribution in [0.2, 0.25) is 0 Å². The molecule has 5 fully saturated rings. The van der Waals surface area contributed by atoms with E-state index >= 15 is 0 Å². The zero-order chi connectivity index (χ0) is 21.7. The lowest BCUT2D eigenvalue weighted by Gasteiger charge is -2.38. The first-order chi connectivity index (χ1) is 14.0. The molecule has 6 aliphatic rings. The van der Waals surface area contributed by atoms with Gasteiger partial charge < -0.3 is 0 Å². The summed E-state index contributed by atoms with van der Waals surface area (Å²) in [7, 11) is 0. The number of fused-ring (bicyclic) bond motifs is 2. The molecule has 0 nitrogen and oxygen atoms in total. The Morgan fingerprint density at radius 3 is 2.00 bits per heavy atom. The van der Waals surface area contributed by atoms with E-state index in [-0.39, 0.29) is 0 Å². The van der Waals surface area contributed by atoms with Crippen molar-refractivity contribution in [1.82, 2.24) is 0 Å². The molecule has 0 amide bonds. The molecular formula is C30H48. The Labute approximate surface area is 187 Å². The molecule has 0 aromatic heterocycles. The molecule has 0 aliphatic heterocycles. The predicted octanol–water partition coefficient (Wildman–Crippen LogP) is 8.83. The zero-order valence-corrected chi connectivity index (χ0v) is 21.1. The molecule has 6 rings (SSSR count). The van der Waals surface area contributed by atoms with E-state index < -0.39 is 0 Å². The smallest absolute Gasteiger partial charge is 0.0146 e. The molecule has 0 heterocycles. The van der Waals surface area contributed by atoms with E-state index in [1.807, 2.05) is 0 Å². The largest absolute Gasteiger partial charge is 0.0996 e. The lowest BCUT2D eigenvalue weighted by Crippen LogP contribution is -2.30. The van der Waals surface area contributed by atoms with Crippen molar-refractivity contribution < 1.29 is 0 Å². The molecule has 168 valence electrons. The van der Waals surface area contributed by atoms with Crippen LogP contribution in [0, 0.1) is 57.2 Å². The number of hydrogen-bond acceptors (Lipinski definition) is 0. The Balaban J connectivity index is 0.000000128. The SMILES string of the molecule is C=C1CC[C@@]23C[C@@H]1C(C)(C)[C@@H]2CC[C@H]3C.CC1=CC[C@@]23C[C@@H]1C(C)(C)[C@@H]2CC[C@H]3C. The van der Waals surface area contributed by atoms with Gasteiger partial charge >= 0.3 is 0 Å². The second-order valence-electron chi connectivity index (χ2n) is 14.0. The van der Waals surface area contributed by atoms with Crippen molar-refractivity contribution in [3.63, 3.8) is 0 Å². The van der Waals surface area contributed by atoms with Crippen molar-refractivity contribution in [2.24, 2.45) is 57.2 Å². The second-order valence-corrected chi connectivity index (χ2v) is 14.0. The third kappa shape index (κ3) is 2.52. The Morgan fingerprint density at radius 1 is 0.800 bits per heavy atom. The van der Waals surface area contributed by atoms with Gasteiger partial charge in [0.15, 0.2) is 0 Å². The van der Waals surface area contributed by atoms with Crippen molar-refractivity contribution in [3.05, 3.63) is 23.8 Å². The molecule has 0 heteroatoms. The van der Waals surface area contributed by atoms with Gasteiger partial charge in [-0.3, -0.25) is 0 Å². The van der Waals surface area contributed by atoms with Gasteiger partial charge in [-0.05, 0) is 122 Å². The summed E-state index contributed by atoms with van der Waals surface area (Å²) < 4.78 is 0. The van der Waals surface area contributed by atoms with Crippen molar-refractivity contribution in [2.75, 3.05) is 0 Å². The lowest BCUT2D eigenvalue weighted by molar-refractivity contribution is 0.118. The van der Waals surface area contributed by atoms with Crippen molar-refractivity contribution in [2.45, 2.75) is 106 Å². The fourth-order valence-electron chi connectivity index (χ4n) is 10.8. The zero-order valence-electron chi connectivity index (χ0n) is 21.1. The van der Waals surface area contributed by atoms with Crippen LogP contribution in [0.4, 0.5) is 0 Å². The van der Waals surface area contributed by atoms with Crippen LogP contribution < -0.4 is 0 Å². The summed E-state index contributed by atoms with van der Waals surface area (Å²) in [5.74, 6) is 5.65. The van der Waals surface area contributed by atoms with Crippen LogP contribution in [0.25, 0.3) is 0 Å². The van der Waals surface area contributed by atoms with Crippen LogP contribution in [0.15, 0.2) is 23.8 Å². The predicted molar refractivity (Wildman–Crippen MR) is 129 cm³/mol. The molecule has 6 aliphatic carbocycles. The van der Waals surface area contributed by atoms with E-state index in [1.165, 1.54) is 57.8 Å². The number of hydrogen-bond donors (Lipinski definition) is 0. The maximum absolute atomic E-state index is 4.34. The van der Waals surface area contributed by atoms with E-state index in [0.29, 0.717) is 16.2 Å². The van der Waals surface area contributed by atoms with E-state index in [9.17, 15) is 0 Å². The Hall–Kier alpha value is -0.520. The highest BCUT2D eigenvalue weighted by Crippen LogP contribution is 2.72. The minimum absolute atomic E-state index is 0.540. The van der Waals surface area contributed by atoms with Gasteiger partial charge in [0.2, 0.25) is 0 Å². The summed E-state index contributed by atoms with van der Waals surface area (Å²) in [5.41, 5.74) is 5.78. The molecule has 0 saturated heterocycles. The van der Waals surface area contributed by atoms with Crippen LogP contribution in [0.5, 0.6) is 0 Å². The molecule has 30 heavy (non-hydrogen) atoms. The third-order valence-electron chi connectivity index (χ3n) is 12.6. The minimum Gasteiger partial charge on any atom is -0.0996 e. The third-order valence-corrected chi connectivity index (χ3v) is 12.6. The average Bonchev–Trinajstić information content (AvgIpc) is 3.29.